The largest absolute Gasteiger partial charge is 0.483 e. The maximum atomic E-state index is 5.97. The van der Waals surface area contributed by atoms with E-state index in [2.05, 4.69) is 27.4 Å². The van der Waals surface area contributed by atoms with E-state index in [9.17, 15) is 0 Å². The van der Waals surface area contributed by atoms with Gasteiger partial charge >= 0.3 is 0 Å². The summed E-state index contributed by atoms with van der Waals surface area (Å²) in [6.07, 6.45) is 3.71. The van der Waals surface area contributed by atoms with Crippen LogP contribution in [0.5, 0.6) is 5.75 Å². The average Bonchev–Trinajstić information content (AvgIpc) is 3.02. The predicted molar refractivity (Wildman–Crippen MR) is 101 cm³/mol. The van der Waals surface area contributed by atoms with E-state index < -0.39 is 0 Å². The van der Waals surface area contributed by atoms with Gasteiger partial charge in [-0.25, -0.2) is 4.98 Å². The SMILES string of the molecule is CCCCNc1nc(N)ncc1OCc1c(C)noc1-c1ccccc1. The molecule has 0 amide bonds. The molecule has 7 heteroatoms. The lowest BCUT2D eigenvalue weighted by molar-refractivity contribution is 0.304. The fraction of sp³-hybridized carbons (Fsp3) is 0.316. The highest BCUT2D eigenvalue weighted by Crippen LogP contribution is 2.29. The molecule has 3 N–H and O–H groups in total. The molecule has 7 nitrogen and oxygen atoms in total. The van der Waals surface area contributed by atoms with E-state index in [0.29, 0.717) is 23.9 Å². The van der Waals surface area contributed by atoms with Crippen molar-refractivity contribution in [1.82, 2.24) is 15.1 Å². The lowest BCUT2D eigenvalue weighted by Crippen LogP contribution is -2.09. The highest BCUT2D eigenvalue weighted by molar-refractivity contribution is 5.61. The Morgan fingerprint density at radius 2 is 2.04 bits per heavy atom. The van der Waals surface area contributed by atoms with Gasteiger partial charge in [-0.15, -0.1) is 0 Å². The zero-order valence-corrected chi connectivity index (χ0v) is 15.0. The molecule has 0 spiro atoms. The van der Waals surface area contributed by atoms with Crippen molar-refractivity contribution in [3.8, 4) is 17.1 Å². The molecule has 0 radical (unpaired) electrons. The molecule has 0 saturated heterocycles. The van der Waals surface area contributed by atoms with Gasteiger partial charge in [0.25, 0.3) is 0 Å². The van der Waals surface area contributed by atoms with E-state index in [1.807, 2.05) is 37.3 Å². The zero-order valence-electron chi connectivity index (χ0n) is 15.0. The Bertz CT molecular complexity index is 848. The van der Waals surface area contributed by atoms with Crippen molar-refractivity contribution in [2.45, 2.75) is 33.3 Å². The molecule has 0 atom stereocenters. The second-order valence-corrected chi connectivity index (χ2v) is 5.95. The Morgan fingerprint density at radius 1 is 1.23 bits per heavy atom. The van der Waals surface area contributed by atoms with E-state index in [1.165, 1.54) is 0 Å². The first-order chi connectivity index (χ1) is 12.7. The van der Waals surface area contributed by atoms with Crippen LogP contribution >= 0.6 is 0 Å². The third-order valence-corrected chi connectivity index (χ3v) is 3.99. The molecule has 0 aliphatic rings. The Kier molecular flexibility index (Phi) is 5.68. The Labute approximate surface area is 152 Å². The number of ether oxygens (including phenoxy) is 1. The van der Waals surface area contributed by atoms with Crippen molar-refractivity contribution in [3.05, 3.63) is 47.8 Å². The van der Waals surface area contributed by atoms with Crippen LogP contribution in [0.25, 0.3) is 11.3 Å². The van der Waals surface area contributed by atoms with Gasteiger partial charge in [-0.2, -0.15) is 4.98 Å². The quantitative estimate of drug-likeness (QED) is 0.594. The molecule has 0 aliphatic carbocycles. The number of aromatic nitrogens is 3. The standard InChI is InChI=1S/C19H23N5O2/c1-3-4-10-21-18-16(11-22-19(20)23-18)25-12-15-13(2)24-26-17(15)14-8-6-5-7-9-14/h5-9,11H,3-4,10,12H2,1-2H3,(H3,20,21,22,23). The molecule has 3 aromatic rings. The molecule has 0 unspecified atom stereocenters. The Morgan fingerprint density at radius 3 is 2.81 bits per heavy atom. The minimum Gasteiger partial charge on any atom is -0.483 e. The van der Waals surface area contributed by atoms with Gasteiger partial charge in [0, 0.05) is 12.1 Å². The zero-order chi connectivity index (χ0) is 18.4. The topological polar surface area (TPSA) is 99.1 Å². The fourth-order valence-electron chi connectivity index (χ4n) is 2.53. The maximum absolute atomic E-state index is 5.97. The molecular weight excluding hydrogens is 330 g/mol. The van der Waals surface area contributed by atoms with Crippen LogP contribution in [0.4, 0.5) is 11.8 Å². The highest BCUT2D eigenvalue weighted by Gasteiger charge is 2.16. The number of unbranched alkanes of at least 4 members (excludes halogenated alkanes) is 1. The molecule has 2 heterocycles. The van der Waals surface area contributed by atoms with Crippen LogP contribution in [-0.2, 0) is 6.61 Å². The number of nitrogen functional groups attached to an aromatic ring is 1. The van der Waals surface area contributed by atoms with Crippen molar-refractivity contribution in [2.24, 2.45) is 0 Å². The predicted octanol–water partition coefficient (Wildman–Crippen LogP) is 3.81. The first-order valence-corrected chi connectivity index (χ1v) is 8.68. The first-order valence-electron chi connectivity index (χ1n) is 8.68. The molecule has 2 aromatic heterocycles. The minimum absolute atomic E-state index is 0.211. The highest BCUT2D eigenvalue weighted by atomic mass is 16.5. The number of aryl methyl sites for hydroxylation is 1. The maximum Gasteiger partial charge on any atom is 0.222 e. The van der Waals surface area contributed by atoms with E-state index in [0.717, 1.165) is 36.2 Å². The number of nitrogens with two attached hydrogens (primary N) is 1. The van der Waals surface area contributed by atoms with Crippen molar-refractivity contribution >= 4 is 11.8 Å². The van der Waals surface area contributed by atoms with Crippen LogP contribution in [0.15, 0.2) is 41.1 Å². The molecule has 0 bridgehead atoms. The van der Waals surface area contributed by atoms with E-state index in [1.54, 1.807) is 6.20 Å². The molecule has 26 heavy (non-hydrogen) atoms. The first kappa shape index (κ1) is 17.7. The van der Waals surface area contributed by atoms with Crippen molar-refractivity contribution in [2.75, 3.05) is 17.6 Å². The molecule has 1 aromatic carbocycles. The molecule has 0 fully saturated rings. The third kappa shape index (κ3) is 4.11. The second-order valence-electron chi connectivity index (χ2n) is 5.95. The summed E-state index contributed by atoms with van der Waals surface area (Å²) in [4.78, 5) is 8.27. The average molecular weight is 353 g/mol. The van der Waals surface area contributed by atoms with Crippen LogP contribution in [0.1, 0.15) is 31.0 Å². The number of nitrogens with one attached hydrogen (secondary N) is 1. The summed E-state index contributed by atoms with van der Waals surface area (Å²) in [5, 5.41) is 7.33. The molecular formula is C19H23N5O2. The van der Waals surface area contributed by atoms with Gasteiger partial charge in [0.05, 0.1) is 17.5 Å². The van der Waals surface area contributed by atoms with Crippen molar-refractivity contribution in [1.29, 1.82) is 0 Å². The second kappa shape index (κ2) is 8.33. The summed E-state index contributed by atoms with van der Waals surface area (Å²) >= 11 is 0. The summed E-state index contributed by atoms with van der Waals surface area (Å²) in [7, 11) is 0. The summed E-state index contributed by atoms with van der Waals surface area (Å²) in [5.41, 5.74) is 8.35. The van der Waals surface area contributed by atoms with E-state index in [-0.39, 0.29) is 5.95 Å². The van der Waals surface area contributed by atoms with Crippen LogP contribution < -0.4 is 15.8 Å². The van der Waals surface area contributed by atoms with Gasteiger partial charge in [-0.05, 0) is 13.3 Å². The van der Waals surface area contributed by atoms with Gasteiger partial charge in [-0.3, -0.25) is 0 Å². The van der Waals surface area contributed by atoms with Crippen molar-refractivity contribution < 1.29 is 9.26 Å². The number of nitrogens with zero attached hydrogens (tertiary/aromatic N) is 3. The fourth-order valence-corrected chi connectivity index (χ4v) is 2.53. The number of hydrogen-bond donors (Lipinski definition) is 2. The summed E-state index contributed by atoms with van der Waals surface area (Å²) < 4.78 is 11.5. The minimum atomic E-state index is 0.211. The molecule has 0 aliphatic heterocycles. The van der Waals surface area contributed by atoms with E-state index in [4.69, 9.17) is 15.0 Å². The van der Waals surface area contributed by atoms with Gasteiger partial charge in [-0.1, -0.05) is 48.8 Å². The van der Waals surface area contributed by atoms with Gasteiger partial charge < -0.3 is 20.3 Å². The molecule has 136 valence electrons. The van der Waals surface area contributed by atoms with Crippen LogP contribution in [0, 0.1) is 6.92 Å². The number of anilines is 2. The van der Waals surface area contributed by atoms with E-state index >= 15 is 0 Å². The molecule has 3 rings (SSSR count). The summed E-state index contributed by atoms with van der Waals surface area (Å²) in [6, 6.07) is 9.84. The Hall–Kier alpha value is -3.09. The summed E-state index contributed by atoms with van der Waals surface area (Å²) in [6.45, 7) is 5.13. The normalized spacial score (nSPS) is 10.7. The van der Waals surface area contributed by atoms with Gasteiger partial charge in [0.2, 0.25) is 5.95 Å². The van der Waals surface area contributed by atoms with Crippen LogP contribution in [-0.4, -0.2) is 21.7 Å². The van der Waals surface area contributed by atoms with Gasteiger partial charge in [0.1, 0.15) is 6.61 Å². The third-order valence-electron chi connectivity index (χ3n) is 3.99. The molecule has 0 saturated carbocycles. The monoisotopic (exact) mass is 353 g/mol. The smallest absolute Gasteiger partial charge is 0.222 e. The van der Waals surface area contributed by atoms with Crippen LogP contribution in [0.3, 0.4) is 0 Å². The Balaban J connectivity index is 1.79. The van der Waals surface area contributed by atoms with Crippen molar-refractivity contribution in [3.63, 3.8) is 0 Å². The lowest BCUT2D eigenvalue weighted by Gasteiger charge is -2.12. The summed E-state index contributed by atoms with van der Waals surface area (Å²) in [5.74, 6) is 2.07. The lowest BCUT2D eigenvalue weighted by atomic mass is 10.1. The van der Waals surface area contributed by atoms with Gasteiger partial charge in [0.15, 0.2) is 17.3 Å². The number of rotatable bonds is 8. The number of benzene rings is 1. The van der Waals surface area contributed by atoms with Crippen LogP contribution in [0.2, 0.25) is 0 Å². The number of hydrogen-bond acceptors (Lipinski definition) is 7.